The van der Waals surface area contributed by atoms with E-state index in [0.29, 0.717) is 14.6 Å². The molecule has 0 spiro atoms. The Morgan fingerprint density at radius 1 is 1.29 bits per heavy atom. The Labute approximate surface area is 136 Å². The first-order valence-electron chi connectivity index (χ1n) is 5.85. The Bertz CT molecular complexity index is 852. The molecule has 0 aliphatic rings. The first kappa shape index (κ1) is 14.4. The molecule has 0 bridgehead atoms. The summed E-state index contributed by atoms with van der Waals surface area (Å²) in [6.45, 7) is 0. The molecule has 1 aromatic heterocycles. The molecule has 0 aliphatic heterocycles. The smallest absolute Gasteiger partial charge is 0.257 e. The van der Waals surface area contributed by atoms with Crippen molar-refractivity contribution in [3.05, 3.63) is 57.3 Å². The van der Waals surface area contributed by atoms with Crippen LogP contribution >= 0.6 is 38.9 Å². The number of thiazole rings is 1. The van der Waals surface area contributed by atoms with Gasteiger partial charge in [0.05, 0.1) is 14.7 Å². The van der Waals surface area contributed by atoms with Crippen LogP contribution < -0.4 is 5.32 Å². The van der Waals surface area contributed by atoms with Crippen LogP contribution in [0.4, 0.5) is 9.52 Å². The van der Waals surface area contributed by atoms with Gasteiger partial charge in [-0.1, -0.05) is 22.9 Å². The van der Waals surface area contributed by atoms with E-state index in [0.717, 1.165) is 10.2 Å². The fourth-order valence-electron chi connectivity index (χ4n) is 1.76. The van der Waals surface area contributed by atoms with Gasteiger partial charge in [-0.15, -0.1) is 0 Å². The van der Waals surface area contributed by atoms with Gasteiger partial charge in [-0.05, 0) is 52.3 Å². The minimum atomic E-state index is -0.487. The summed E-state index contributed by atoms with van der Waals surface area (Å²) in [6, 6.07) is 9.49. The molecule has 0 atom stereocenters. The van der Waals surface area contributed by atoms with Crippen molar-refractivity contribution in [2.45, 2.75) is 0 Å². The number of rotatable bonds is 2. The number of nitrogens with zero attached hydrogens (tertiary/aromatic N) is 1. The first-order valence-corrected chi connectivity index (χ1v) is 7.84. The summed E-state index contributed by atoms with van der Waals surface area (Å²) in [5.74, 6) is -0.898. The number of carbonyl (C=O) groups excluding carboxylic acids is 1. The molecule has 0 unspecified atom stereocenters. The quantitative estimate of drug-likeness (QED) is 0.666. The predicted octanol–water partition coefficient (Wildman–Crippen LogP) is 5.10. The molecule has 1 amide bonds. The highest BCUT2D eigenvalue weighted by atomic mass is 79.9. The third-order valence-corrected chi connectivity index (χ3v) is 4.56. The van der Waals surface area contributed by atoms with Gasteiger partial charge >= 0.3 is 0 Å². The zero-order valence-electron chi connectivity index (χ0n) is 10.4. The molecule has 1 heterocycles. The van der Waals surface area contributed by atoms with Gasteiger partial charge in [0.2, 0.25) is 0 Å². The van der Waals surface area contributed by atoms with Crippen molar-refractivity contribution in [2.75, 3.05) is 5.32 Å². The van der Waals surface area contributed by atoms with Gasteiger partial charge in [-0.25, -0.2) is 9.37 Å². The van der Waals surface area contributed by atoms with Crippen molar-refractivity contribution >= 4 is 60.1 Å². The van der Waals surface area contributed by atoms with Crippen LogP contribution in [0.1, 0.15) is 10.4 Å². The van der Waals surface area contributed by atoms with Gasteiger partial charge in [0.15, 0.2) is 5.13 Å². The number of aromatic nitrogens is 1. The highest BCUT2D eigenvalue weighted by Crippen LogP contribution is 2.28. The Morgan fingerprint density at radius 2 is 2.10 bits per heavy atom. The molecule has 0 aliphatic carbocycles. The summed E-state index contributed by atoms with van der Waals surface area (Å²) >= 11 is 10.3. The molecular formula is C14H7BrClFN2OS. The van der Waals surface area contributed by atoms with E-state index in [1.54, 1.807) is 18.2 Å². The van der Waals surface area contributed by atoms with Gasteiger partial charge in [-0.2, -0.15) is 0 Å². The van der Waals surface area contributed by atoms with Gasteiger partial charge < -0.3 is 0 Å². The molecule has 0 saturated heterocycles. The van der Waals surface area contributed by atoms with E-state index in [1.165, 1.54) is 29.5 Å². The highest BCUT2D eigenvalue weighted by molar-refractivity contribution is 9.10. The van der Waals surface area contributed by atoms with E-state index in [1.807, 2.05) is 0 Å². The number of nitrogens with one attached hydrogen (secondary N) is 1. The van der Waals surface area contributed by atoms with E-state index in [-0.39, 0.29) is 5.56 Å². The van der Waals surface area contributed by atoms with Crippen LogP contribution in [0.15, 0.2) is 40.9 Å². The molecule has 0 fully saturated rings. The molecule has 3 nitrogen and oxygen atoms in total. The predicted molar refractivity (Wildman–Crippen MR) is 86.7 cm³/mol. The number of fused-ring (bicyclic) bond motifs is 1. The zero-order valence-corrected chi connectivity index (χ0v) is 13.5. The monoisotopic (exact) mass is 384 g/mol. The summed E-state index contributed by atoms with van der Waals surface area (Å²) in [4.78, 5) is 16.4. The molecule has 0 saturated carbocycles. The maximum Gasteiger partial charge on any atom is 0.257 e. The summed E-state index contributed by atoms with van der Waals surface area (Å²) in [5, 5.41) is 3.71. The van der Waals surface area contributed by atoms with Gasteiger partial charge in [0, 0.05) is 10.6 Å². The second-order valence-corrected chi connectivity index (χ2v) is 6.54. The van der Waals surface area contributed by atoms with Crippen molar-refractivity contribution in [3.8, 4) is 0 Å². The van der Waals surface area contributed by atoms with Gasteiger partial charge in [-0.3, -0.25) is 10.1 Å². The average molecular weight is 386 g/mol. The number of hydrogen-bond acceptors (Lipinski definition) is 3. The van der Waals surface area contributed by atoms with Crippen LogP contribution in [0.25, 0.3) is 10.2 Å². The molecule has 1 N–H and O–H groups in total. The van der Waals surface area contributed by atoms with Crippen molar-refractivity contribution in [2.24, 2.45) is 0 Å². The number of hydrogen-bond donors (Lipinski definition) is 1. The molecule has 7 heteroatoms. The first-order chi connectivity index (χ1) is 10.0. The van der Waals surface area contributed by atoms with Crippen LogP contribution in [0.5, 0.6) is 0 Å². The minimum Gasteiger partial charge on any atom is -0.298 e. The van der Waals surface area contributed by atoms with Crippen LogP contribution in [-0.4, -0.2) is 10.9 Å². The Balaban J connectivity index is 1.87. The summed E-state index contributed by atoms with van der Waals surface area (Å²) in [5.41, 5.74) is 0.981. The third-order valence-electron chi connectivity index (χ3n) is 2.75. The Morgan fingerprint density at radius 3 is 2.86 bits per heavy atom. The summed E-state index contributed by atoms with van der Waals surface area (Å²) < 4.78 is 14.6. The highest BCUT2D eigenvalue weighted by Gasteiger charge is 2.12. The Kier molecular flexibility index (Phi) is 3.93. The lowest BCUT2D eigenvalue weighted by molar-refractivity contribution is 0.102. The minimum absolute atomic E-state index is 0.230. The number of carbonyl (C=O) groups is 1. The topological polar surface area (TPSA) is 42.0 Å². The van der Waals surface area contributed by atoms with E-state index < -0.39 is 11.7 Å². The molecule has 106 valence electrons. The van der Waals surface area contributed by atoms with Crippen LogP contribution in [0.2, 0.25) is 5.02 Å². The lowest BCUT2D eigenvalue weighted by Gasteiger charge is -2.02. The van der Waals surface area contributed by atoms with E-state index in [2.05, 4.69) is 26.2 Å². The van der Waals surface area contributed by atoms with Crippen molar-refractivity contribution in [1.29, 1.82) is 0 Å². The lowest BCUT2D eigenvalue weighted by Crippen LogP contribution is -2.11. The summed E-state index contributed by atoms with van der Waals surface area (Å²) in [7, 11) is 0. The second kappa shape index (κ2) is 5.71. The van der Waals surface area contributed by atoms with Crippen LogP contribution in [0, 0.1) is 5.82 Å². The summed E-state index contributed by atoms with van der Waals surface area (Å²) in [6.07, 6.45) is 0. The molecule has 21 heavy (non-hydrogen) atoms. The van der Waals surface area contributed by atoms with Crippen LogP contribution in [0.3, 0.4) is 0 Å². The molecule has 2 aromatic carbocycles. The average Bonchev–Trinajstić information content (AvgIpc) is 2.83. The number of amides is 1. The fourth-order valence-corrected chi connectivity index (χ4v) is 3.14. The number of anilines is 1. The van der Waals surface area contributed by atoms with Gasteiger partial charge in [0.1, 0.15) is 5.82 Å². The van der Waals surface area contributed by atoms with E-state index in [4.69, 9.17) is 11.6 Å². The molecule has 3 aromatic rings. The molecule has 0 radical (unpaired) electrons. The van der Waals surface area contributed by atoms with Crippen LogP contribution in [-0.2, 0) is 0 Å². The molecular weight excluding hydrogens is 379 g/mol. The van der Waals surface area contributed by atoms with E-state index >= 15 is 0 Å². The Hall–Kier alpha value is -1.50. The van der Waals surface area contributed by atoms with Crippen molar-refractivity contribution in [1.82, 2.24) is 4.98 Å². The SMILES string of the molecule is O=C(Nc1nc2ccc(Cl)cc2s1)c1ccc(Br)c(F)c1. The second-order valence-electron chi connectivity index (χ2n) is 4.21. The van der Waals surface area contributed by atoms with Gasteiger partial charge in [0.25, 0.3) is 5.91 Å². The number of halogens is 3. The third kappa shape index (κ3) is 3.07. The standard InChI is InChI=1S/C14H7BrClFN2OS/c15-9-3-1-7(5-10(9)17)13(20)19-14-18-11-4-2-8(16)6-12(11)21-14/h1-6H,(H,18,19,20). The van der Waals surface area contributed by atoms with Crippen molar-refractivity contribution < 1.29 is 9.18 Å². The normalized spacial score (nSPS) is 10.8. The fraction of sp³-hybridized carbons (Fsp3) is 0. The zero-order chi connectivity index (χ0) is 15.0. The molecule has 3 rings (SSSR count). The van der Waals surface area contributed by atoms with E-state index in [9.17, 15) is 9.18 Å². The van der Waals surface area contributed by atoms with Crippen molar-refractivity contribution in [3.63, 3.8) is 0 Å². The maximum atomic E-state index is 13.4. The lowest BCUT2D eigenvalue weighted by atomic mass is 10.2. The maximum absolute atomic E-state index is 13.4. The largest absolute Gasteiger partial charge is 0.298 e. The number of benzene rings is 2.